The first-order valence-electron chi connectivity index (χ1n) is 4.96. The normalized spacial score (nSPS) is 20.2. The van der Waals surface area contributed by atoms with Gasteiger partial charge >= 0.3 is 5.97 Å². The molecule has 1 fully saturated rings. The molecule has 0 radical (unpaired) electrons. The summed E-state index contributed by atoms with van der Waals surface area (Å²) >= 11 is 0. The van der Waals surface area contributed by atoms with E-state index in [-0.39, 0.29) is 23.9 Å². The predicted molar refractivity (Wildman–Crippen MR) is 57.8 cm³/mol. The van der Waals surface area contributed by atoms with E-state index in [9.17, 15) is 14.4 Å². The van der Waals surface area contributed by atoms with Crippen LogP contribution in [0, 0.1) is 0 Å². The van der Waals surface area contributed by atoms with Gasteiger partial charge in [0, 0.05) is 17.7 Å². The minimum absolute atomic E-state index is 0.142. The number of ether oxygens (including phenoxy) is 2. The van der Waals surface area contributed by atoms with E-state index in [2.05, 4.69) is 6.58 Å². The zero-order valence-corrected chi connectivity index (χ0v) is 9.39. The number of hydrogen-bond acceptors (Lipinski definition) is 5. The van der Waals surface area contributed by atoms with Gasteiger partial charge in [0.2, 0.25) is 0 Å². The molecule has 17 heavy (non-hydrogen) atoms. The van der Waals surface area contributed by atoms with Crippen molar-refractivity contribution in [1.82, 2.24) is 5.32 Å². The van der Waals surface area contributed by atoms with E-state index < -0.39 is 0 Å². The third kappa shape index (κ3) is 5.62. The summed E-state index contributed by atoms with van der Waals surface area (Å²) in [6.07, 6.45) is 2.54. The molecule has 1 unspecified atom stereocenters. The van der Waals surface area contributed by atoms with E-state index in [0.717, 1.165) is 0 Å². The molecule has 6 nitrogen and oxygen atoms in total. The molecule has 2 amide bonds. The van der Waals surface area contributed by atoms with Crippen LogP contribution in [-0.2, 0) is 23.9 Å². The first-order chi connectivity index (χ1) is 7.99. The zero-order chi connectivity index (χ0) is 12.8. The van der Waals surface area contributed by atoms with E-state index in [1.807, 2.05) is 5.32 Å². The van der Waals surface area contributed by atoms with Gasteiger partial charge in [-0.3, -0.25) is 14.9 Å². The molecule has 2 rings (SSSR count). The van der Waals surface area contributed by atoms with E-state index >= 15 is 0 Å². The number of hydrogen-bond donors (Lipinski definition) is 1. The minimum atomic E-state index is -0.337. The first-order valence-corrected chi connectivity index (χ1v) is 4.96. The Kier molecular flexibility index (Phi) is 4.59. The highest BCUT2D eigenvalue weighted by atomic mass is 16.6. The maximum absolute atomic E-state index is 10.7. The summed E-state index contributed by atoms with van der Waals surface area (Å²) in [5.74, 6) is -0.995. The van der Waals surface area contributed by atoms with Crippen LogP contribution in [0.5, 0.6) is 0 Å². The number of esters is 1. The lowest BCUT2D eigenvalue weighted by Crippen LogP contribution is -2.19. The summed E-state index contributed by atoms with van der Waals surface area (Å²) in [5, 5.41) is 2.03. The molecule has 2 aliphatic rings. The van der Waals surface area contributed by atoms with Gasteiger partial charge in [0.1, 0.15) is 12.7 Å². The van der Waals surface area contributed by atoms with Crippen LogP contribution in [0.2, 0.25) is 0 Å². The highest BCUT2D eigenvalue weighted by molar-refractivity contribution is 6.12. The Morgan fingerprint density at radius 2 is 2.06 bits per heavy atom. The van der Waals surface area contributed by atoms with E-state index in [4.69, 9.17) is 9.47 Å². The standard InChI is InChI=1S/C7H10O3.C4H3NO2/c1-5(2)7(8)10-4-6-3-9-6;6-3-1-2-4(7)5-3/h6H,1,3-4H2,2H3;1-2H,(H,5,6,7). The molecule has 2 heterocycles. The van der Waals surface area contributed by atoms with Gasteiger partial charge in [0.25, 0.3) is 11.8 Å². The van der Waals surface area contributed by atoms with E-state index in [0.29, 0.717) is 18.8 Å². The average Bonchev–Trinajstić information content (AvgIpc) is 3.01. The monoisotopic (exact) mass is 239 g/mol. The fraction of sp³-hybridized carbons (Fsp3) is 0.364. The van der Waals surface area contributed by atoms with Crippen molar-refractivity contribution in [3.8, 4) is 0 Å². The van der Waals surface area contributed by atoms with Crippen LogP contribution in [-0.4, -0.2) is 37.1 Å². The average molecular weight is 239 g/mol. The van der Waals surface area contributed by atoms with Crippen LogP contribution in [0.4, 0.5) is 0 Å². The Hall–Kier alpha value is -1.95. The topological polar surface area (TPSA) is 85.0 Å². The summed E-state index contributed by atoms with van der Waals surface area (Å²) in [4.78, 5) is 30.8. The SMILES string of the molecule is C=C(C)C(=O)OCC1CO1.O=C1C=CC(=O)N1. The second-order valence-electron chi connectivity index (χ2n) is 3.52. The van der Waals surface area contributed by atoms with Crippen molar-refractivity contribution >= 4 is 17.8 Å². The summed E-state index contributed by atoms with van der Waals surface area (Å²) in [6.45, 7) is 6.14. The number of carbonyl (C=O) groups excluding carboxylic acids is 3. The maximum Gasteiger partial charge on any atom is 0.333 e. The summed E-state index contributed by atoms with van der Waals surface area (Å²) < 4.78 is 9.60. The fourth-order valence-corrected chi connectivity index (χ4v) is 0.812. The molecule has 0 saturated carbocycles. The molecule has 1 atom stereocenters. The van der Waals surface area contributed by atoms with Crippen LogP contribution >= 0.6 is 0 Å². The van der Waals surface area contributed by atoms with E-state index in [1.165, 1.54) is 12.2 Å². The van der Waals surface area contributed by atoms with Crippen molar-refractivity contribution in [2.45, 2.75) is 13.0 Å². The van der Waals surface area contributed by atoms with Gasteiger partial charge in [-0.05, 0) is 6.92 Å². The lowest BCUT2D eigenvalue weighted by molar-refractivity contribution is -0.139. The van der Waals surface area contributed by atoms with Gasteiger partial charge in [-0.15, -0.1) is 0 Å². The van der Waals surface area contributed by atoms with Crippen molar-refractivity contribution in [2.24, 2.45) is 0 Å². The summed E-state index contributed by atoms with van der Waals surface area (Å²) in [6, 6.07) is 0. The molecule has 0 spiro atoms. The molecule has 6 heteroatoms. The summed E-state index contributed by atoms with van der Waals surface area (Å²) in [7, 11) is 0. The van der Waals surface area contributed by atoms with Crippen molar-refractivity contribution in [3.63, 3.8) is 0 Å². The third-order valence-corrected chi connectivity index (χ3v) is 1.78. The van der Waals surface area contributed by atoms with Crippen LogP contribution < -0.4 is 5.32 Å². The predicted octanol–water partition coefficient (Wildman–Crippen LogP) is -0.297. The lowest BCUT2D eigenvalue weighted by atomic mass is 10.4. The fourth-order valence-electron chi connectivity index (χ4n) is 0.812. The molecule has 0 aromatic carbocycles. The Morgan fingerprint density at radius 1 is 1.53 bits per heavy atom. The smallest absolute Gasteiger partial charge is 0.333 e. The summed E-state index contributed by atoms with van der Waals surface area (Å²) in [5.41, 5.74) is 0.431. The molecule has 0 aliphatic carbocycles. The zero-order valence-electron chi connectivity index (χ0n) is 9.39. The number of imide groups is 1. The molecule has 1 N–H and O–H groups in total. The molecule has 2 aliphatic heterocycles. The Bertz CT molecular complexity index is 365. The Morgan fingerprint density at radius 3 is 2.35 bits per heavy atom. The van der Waals surface area contributed by atoms with Gasteiger partial charge in [-0.2, -0.15) is 0 Å². The van der Waals surface area contributed by atoms with Crippen LogP contribution in [0.15, 0.2) is 24.3 Å². The van der Waals surface area contributed by atoms with Gasteiger partial charge in [0.15, 0.2) is 0 Å². The van der Waals surface area contributed by atoms with Crippen LogP contribution in [0.25, 0.3) is 0 Å². The minimum Gasteiger partial charge on any atom is -0.459 e. The lowest BCUT2D eigenvalue weighted by Gasteiger charge is -1.99. The number of epoxide rings is 1. The van der Waals surface area contributed by atoms with Crippen LogP contribution in [0.1, 0.15) is 6.92 Å². The maximum atomic E-state index is 10.7. The molecule has 0 bridgehead atoms. The third-order valence-electron chi connectivity index (χ3n) is 1.78. The largest absolute Gasteiger partial charge is 0.459 e. The molecule has 92 valence electrons. The van der Waals surface area contributed by atoms with Crippen molar-refractivity contribution < 1.29 is 23.9 Å². The second kappa shape index (κ2) is 5.95. The highest BCUT2D eigenvalue weighted by Gasteiger charge is 2.24. The Labute approximate surface area is 98.3 Å². The van der Waals surface area contributed by atoms with Gasteiger partial charge in [-0.25, -0.2) is 4.79 Å². The van der Waals surface area contributed by atoms with Crippen molar-refractivity contribution in [1.29, 1.82) is 0 Å². The molecular formula is C11H13NO5. The molecule has 1 saturated heterocycles. The Balaban J connectivity index is 0.000000181. The molecule has 0 aromatic heterocycles. The van der Waals surface area contributed by atoms with E-state index in [1.54, 1.807) is 6.92 Å². The molecule has 0 aromatic rings. The van der Waals surface area contributed by atoms with Gasteiger partial charge in [0.05, 0.1) is 6.61 Å². The van der Waals surface area contributed by atoms with Crippen LogP contribution in [0.3, 0.4) is 0 Å². The number of rotatable bonds is 3. The second-order valence-corrected chi connectivity index (χ2v) is 3.52. The number of amides is 2. The molecular weight excluding hydrogens is 226 g/mol. The first kappa shape index (κ1) is 13.1. The number of nitrogens with one attached hydrogen (secondary N) is 1. The highest BCUT2D eigenvalue weighted by Crippen LogP contribution is 2.09. The number of carbonyl (C=O) groups is 3. The van der Waals surface area contributed by atoms with Gasteiger partial charge < -0.3 is 9.47 Å². The van der Waals surface area contributed by atoms with Crippen molar-refractivity contribution in [3.05, 3.63) is 24.3 Å². The van der Waals surface area contributed by atoms with Crippen molar-refractivity contribution in [2.75, 3.05) is 13.2 Å². The quantitative estimate of drug-likeness (QED) is 0.316. The van der Waals surface area contributed by atoms with Gasteiger partial charge in [-0.1, -0.05) is 6.58 Å².